The van der Waals surface area contributed by atoms with Crippen LogP contribution in [0.2, 0.25) is 0 Å². The fourth-order valence-electron chi connectivity index (χ4n) is 3.02. The van der Waals surface area contributed by atoms with E-state index in [2.05, 4.69) is 20.3 Å². The van der Waals surface area contributed by atoms with E-state index in [9.17, 15) is 9.90 Å². The molecule has 6 N–H and O–H groups in total. The van der Waals surface area contributed by atoms with Crippen molar-refractivity contribution in [2.75, 3.05) is 11.1 Å². The van der Waals surface area contributed by atoms with Gasteiger partial charge in [-0.15, -0.1) is 0 Å². The highest BCUT2D eigenvalue weighted by Gasteiger charge is 2.13. The third-order valence-electron chi connectivity index (χ3n) is 4.12. The average Bonchev–Trinajstić information content (AvgIpc) is 3.17. The van der Waals surface area contributed by atoms with Crippen LogP contribution in [0, 0.1) is 0 Å². The number of nitrogen functional groups attached to an aromatic ring is 1. The number of ether oxygens (including phenoxy) is 1. The van der Waals surface area contributed by atoms with Gasteiger partial charge in [0, 0.05) is 5.39 Å². The number of carbonyl (C=O) groups is 1. The summed E-state index contributed by atoms with van der Waals surface area (Å²) in [6, 6.07) is 10.5. The Bertz CT molecular complexity index is 1160. The molecule has 4 aromatic rings. The third kappa shape index (κ3) is 3.12. The Morgan fingerprint density at radius 2 is 2.04 bits per heavy atom. The van der Waals surface area contributed by atoms with E-state index in [0.717, 1.165) is 21.9 Å². The summed E-state index contributed by atoms with van der Waals surface area (Å²) in [7, 11) is 0. The van der Waals surface area contributed by atoms with Gasteiger partial charge in [0.2, 0.25) is 0 Å². The molecule has 2 heterocycles. The summed E-state index contributed by atoms with van der Waals surface area (Å²) in [5, 5.41) is 13.5. The molecule has 0 aliphatic heterocycles. The van der Waals surface area contributed by atoms with Gasteiger partial charge < -0.3 is 30.9 Å². The molecule has 4 rings (SSSR count). The number of nitrogens with one attached hydrogen (secondary N) is 3. The predicted molar refractivity (Wildman–Crippen MR) is 105 cm³/mol. The maximum Gasteiger partial charge on any atom is 0.335 e. The number of H-pyrrole nitrogens is 2. The summed E-state index contributed by atoms with van der Waals surface area (Å²) < 4.78 is 5.80. The fourth-order valence-corrected chi connectivity index (χ4v) is 3.02. The van der Waals surface area contributed by atoms with Gasteiger partial charge in [-0.2, -0.15) is 0 Å². The van der Waals surface area contributed by atoms with Crippen LogP contribution in [0.25, 0.3) is 21.9 Å². The molecule has 0 aliphatic carbocycles. The Morgan fingerprint density at radius 1 is 1.22 bits per heavy atom. The van der Waals surface area contributed by atoms with Gasteiger partial charge in [-0.3, -0.25) is 0 Å². The number of hydrogen-bond acceptors (Lipinski definition) is 5. The van der Waals surface area contributed by atoms with Gasteiger partial charge in [-0.05, 0) is 44.2 Å². The van der Waals surface area contributed by atoms with Crippen LogP contribution >= 0.6 is 0 Å². The Hall–Kier alpha value is -3.68. The van der Waals surface area contributed by atoms with Crippen molar-refractivity contribution in [1.29, 1.82) is 0 Å². The zero-order valence-electron chi connectivity index (χ0n) is 14.8. The normalized spacial score (nSPS) is 11.4. The largest absolute Gasteiger partial charge is 0.489 e. The number of aromatic amines is 2. The van der Waals surface area contributed by atoms with Crippen molar-refractivity contribution in [3.8, 4) is 5.75 Å². The van der Waals surface area contributed by atoms with Gasteiger partial charge in [-0.25, -0.2) is 9.78 Å². The van der Waals surface area contributed by atoms with Crippen LogP contribution < -0.4 is 15.8 Å². The smallest absolute Gasteiger partial charge is 0.335 e. The van der Waals surface area contributed by atoms with Crippen molar-refractivity contribution in [3.63, 3.8) is 0 Å². The highest BCUT2D eigenvalue weighted by molar-refractivity contribution is 6.04. The molecule has 8 heteroatoms. The highest BCUT2D eigenvalue weighted by atomic mass is 16.5. The number of benzene rings is 2. The molecule has 27 heavy (non-hydrogen) atoms. The first-order valence-corrected chi connectivity index (χ1v) is 8.48. The third-order valence-corrected chi connectivity index (χ3v) is 4.12. The quantitative estimate of drug-likeness (QED) is 0.365. The summed E-state index contributed by atoms with van der Waals surface area (Å²) in [6.07, 6.45) is -0.0457. The highest BCUT2D eigenvalue weighted by Crippen LogP contribution is 2.32. The summed E-state index contributed by atoms with van der Waals surface area (Å²) >= 11 is 0. The molecule has 0 saturated heterocycles. The van der Waals surface area contributed by atoms with E-state index in [-0.39, 0.29) is 11.7 Å². The zero-order chi connectivity index (χ0) is 19.1. The monoisotopic (exact) mass is 365 g/mol. The molecule has 2 aromatic heterocycles. The molecule has 0 saturated carbocycles. The van der Waals surface area contributed by atoms with Crippen LogP contribution in [0.15, 0.2) is 36.4 Å². The van der Waals surface area contributed by atoms with Crippen LogP contribution in [0.1, 0.15) is 24.2 Å². The van der Waals surface area contributed by atoms with Gasteiger partial charge in [0.25, 0.3) is 0 Å². The molecule has 0 amide bonds. The molecule has 0 fully saturated rings. The van der Waals surface area contributed by atoms with Crippen LogP contribution in [0.5, 0.6) is 5.75 Å². The summed E-state index contributed by atoms with van der Waals surface area (Å²) in [5.41, 5.74) is 8.91. The second-order valence-electron chi connectivity index (χ2n) is 6.54. The van der Waals surface area contributed by atoms with E-state index < -0.39 is 5.97 Å². The SMILES string of the molecule is CC(C)Oc1ccc(C(=O)O)cc1Nc1cc2ccc3[nH]c(N)nc3c2[nH]1. The molecular formula is C19H19N5O3. The van der Waals surface area contributed by atoms with Crippen LogP contribution in [-0.4, -0.2) is 32.1 Å². The zero-order valence-corrected chi connectivity index (χ0v) is 14.8. The molecule has 0 atom stereocenters. The molecule has 0 bridgehead atoms. The molecule has 8 nitrogen and oxygen atoms in total. The Morgan fingerprint density at radius 3 is 2.78 bits per heavy atom. The number of anilines is 3. The summed E-state index contributed by atoms with van der Waals surface area (Å²) in [6.45, 7) is 3.83. The topological polar surface area (TPSA) is 129 Å². The molecule has 0 radical (unpaired) electrons. The maximum absolute atomic E-state index is 11.3. The number of carboxylic acid groups (broad SMARTS) is 1. The minimum Gasteiger partial charge on any atom is -0.489 e. The van der Waals surface area contributed by atoms with Gasteiger partial charge >= 0.3 is 5.97 Å². The number of hydrogen-bond donors (Lipinski definition) is 5. The van der Waals surface area contributed by atoms with Gasteiger partial charge in [-0.1, -0.05) is 6.07 Å². The average molecular weight is 365 g/mol. The summed E-state index contributed by atoms with van der Waals surface area (Å²) in [4.78, 5) is 21.9. The number of aromatic carboxylic acids is 1. The lowest BCUT2D eigenvalue weighted by Gasteiger charge is -2.15. The number of carboxylic acids is 1. The number of imidazole rings is 1. The molecular weight excluding hydrogens is 346 g/mol. The van der Waals surface area contributed by atoms with E-state index in [4.69, 9.17) is 10.5 Å². The van der Waals surface area contributed by atoms with E-state index in [0.29, 0.717) is 23.2 Å². The Kier molecular flexibility index (Phi) is 3.88. The lowest BCUT2D eigenvalue weighted by atomic mass is 10.2. The van der Waals surface area contributed by atoms with Crippen molar-refractivity contribution in [1.82, 2.24) is 15.0 Å². The second-order valence-corrected chi connectivity index (χ2v) is 6.54. The van der Waals surface area contributed by atoms with Gasteiger partial charge in [0.05, 0.1) is 28.4 Å². The Labute approximate surface area is 154 Å². The van der Waals surface area contributed by atoms with Crippen LogP contribution in [0.3, 0.4) is 0 Å². The number of rotatable bonds is 5. The molecule has 0 aliphatic rings. The first kappa shape index (κ1) is 16.8. The van der Waals surface area contributed by atoms with E-state index in [1.807, 2.05) is 32.0 Å². The number of nitrogens with zero attached hydrogens (tertiary/aromatic N) is 1. The number of nitrogens with two attached hydrogens (primary N) is 1. The van der Waals surface area contributed by atoms with E-state index in [1.165, 1.54) is 6.07 Å². The summed E-state index contributed by atoms with van der Waals surface area (Å²) in [5.74, 6) is 0.612. The molecule has 138 valence electrons. The Balaban J connectivity index is 1.77. The van der Waals surface area contributed by atoms with Crippen LogP contribution in [0.4, 0.5) is 17.5 Å². The maximum atomic E-state index is 11.3. The standard InChI is InChI=1S/C19H19N5O3/c1-9(2)27-14-6-4-11(18(25)26)7-13(14)21-15-8-10-3-5-12-17(16(10)23-15)24-19(20)22-12/h3-9,21,23H,1-2H3,(H,25,26)(H3,20,22,24). The second kappa shape index (κ2) is 6.24. The predicted octanol–water partition coefficient (Wildman–Crippen LogP) is 3.86. The van der Waals surface area contributed by atoms with Crippen molar-refractivity contribution >= 4 is 45.4 Å². The fraction of sp³-hybridized carbons (Fsp3) is 0.158. The number of fused-ring (bicyclic) bond motifs is 3. The van der Waals surface area contributed by atoms with Crippen molar-refractivity contribution in [2.24, 2.45) is 0 Å². The first-order valence-electron chi connectivity index (χ1n) is 8.48. The van der Waals surface area contributed by atoms with Crippen molar-refractivity contribution in [3.05, 3.63) is 42.0 Å². The van der Waals surface area contributed by atoms with E-state index >= 15 is 0 Å². The van der Waals surface area contributed by atoms with Crippen LogP contribution in [-0.2, 0) is 0 Å². The minimum atomic E-state index is -1.00. The van der Waals surface area contributed by atoms with E-state index in [1.54, 1.807) is 12.1 Å². The lowest BCUT2D eigenvalue weighted by molar-refractivity contribution is 0.0697. The lowest BCUT2D eigenvalue weighted by Crippen LogP contribution is -2.08. The number of aromatic nitrogens is 3. The van der Waals surface area contributed by atoms with Crippen molar-refractivity contribution < 1.29 is 14.6 Å². The molecule has 2 aromatic carbocycles. The van der Waals surface area contributed by atoms with Gasteiger partial charge in [0.1, 0.15) is 17.1 Å². The first-order chi connectivity index (χ1) is 12.9. The van der Waals surface area contributed by atoms with Gasteiger partial charge in [0.15, 0.2) is 5.95 Å². The minimum absolute atomic E-state index is 0.0457. The van der Waals surface area contributed by atoms with Crippen molar-refractivity contribution in [2.45, 2.75) is 20.0 Å². The molecule has 0 spiro atoms. The molecule has 0 unspecified atom stereocenters.